The molecule has 0 aliphatic rings. The average Bonchev–Trinajstić information content (AvgIpc) is 2.81. The number of methoxy groups -OCH3 is 1. The Kier molecular flexibility index (Phi) is 4.19. The molecule has 6 nitrogen and oxygen atoms in total. The molecular formula is C13H13NO5S2. The Morgan fingerprint density at radius 2 is 2.10 bits per heavy atom. The van der Waals surface area contributed by atoms with Crippen LogP contribution in [0.4, 0.5) is 5.69 Å². The highest BCUT2D eigenvalue weighted by molar-refractivity contribution is 7.93. The van der Waals surface area contributed by atoms with Gasteiger partial charge in [-0.05, 0) is 30.0 Å². The molecule has 0 atom stereocenters. The first-order valence-corrected chi connectivity index (χ1v) is 8.19. The highest BCUT2D eigenvalue weighted by atomic mass is 32.2. The number of rotatable bonds is 5. The molecule has 0 bridgehead atoms. The van der Waals surface area contributed by atoms with E-state index < -0.39 is 16.0 Å². The number of hydrogen-bond acceptors (Lipinski definition) is 5. The molecule has 0 aliphatic heterocycles. The van der Waals surface area contributed by atoms with Crippen molar-refractivity contribution in [3.63, 3.8) is 0 Å². The molecule has 1 aromatic carbocycles. The third kappa shape index (κ3) is 3.17. The van der Waals surface area contributed by atoms with Crippen molar-refractivity contribution in [2.75, 3.05) is 11.8 Å². The van der Waals surface area contributed by atoms with E-state index in [9.17, 15) is 13.2 Å². The zero-order valence-corrected chi connectivity index (χ0v) is 12.9. The van der Waals surface area contributed by atoms with Gasteiger partial charge in [0.05, 0.1) is 12.8 Å². The van der Waals surface area contributed by atoms with Crippen LogP contribution in [0, 0.1) is 6.92 Å². The van der Waals surface area contributed by atoms with Crippen LogP contribution in [-0.2, 0) is 10.0 Å². The standard InChI is InChI=1S/C13H13NO5S2/c1-8-7-20-11(13(15)16)12(8)21(17,18)14-9-4-3-5-10(6-9)19-2/h3-7,14H,1-2H3,(H,15,16). The average molecular weight is 327 g/mol. The molecule has 1 heterocycles. The Labute approximate surface area is 126 Å². The van der Waals surface area contributed by atoms with Gasteiger partial charge in [-0.1, -0.05) is 6.07 Å². The van der Waals surface area contributed by atoms with Crippen LogP contribution in [0.2, 0.25) is 0 Å². The fraction of sp³-hybridized carbons (Fsp3) is 0.154. The lowest BCUT2D eigenvalue weighted by Crippen LogP contribution is -2.16. The summed E-state index contributed by atoms with van der Waals surface area (Å²) in [6.07, 6.45) is 0. The Hall–Kier alpha value is -2.06. The van der Waals surface area contributed by atoms with Crippen LogP contribution in [0.1, 0.15) is 15.2 Å². The Morgan fingerprint density at radius 3 is 2.71 bits per heavy atom. The summed E-state index contributed by atoms with van der Waals surface area (Å²) in [4.78, 5) is 10.7. The number of anilines is 1. The zero-order chi connectivity index (χ0) is 15.6. The molecule has 0 saturated carbocycles. The summed E-state index contributed by atoms with van der Waals surface area (Å²) in [7, 11) is -2.51. The quantitative estimate of drug-likeness (QED) is 0.880. The largest absolute Gasteiger partial charge is 0.497 e. The summed E-state index contributed by atoms with van der Waals surface area (Å²) < 4.78 is 32.2. The van der Waals surface area contributed by atoms with Crippen LogP contribution < -0.4 is 9.46 Å². The van der Waals surface area contributed by atoms with Gasteiger partial charge >= 0.3 is 5.97 Å². The van der Waals surface area contributed by atoms with Crippen LogP contribution in [-0.4, -0.2) is 26.6 Å². The van der Waals surface area contributed by atoms with Gasteiger partial charge in [0.25, 0.3) is 10.0 Å². The van der Waals surface area contributed by atoms with Gasteiger partial charge < -0.3 is 9.84 Å². The van der Waals surface area contributed by atoms with Crippen molar-refractivity contribution < 1.29 is 23.1 Å². The monoisotopic (exact) mass is 327 g/mol. The van der Waals surface area contributed by atoms with Crippen molar-refractivity contribution in [3.05, 3.63) is 40.1 Å². The Bertz CT molecular complexity index is 780. The minimum absolute atomic E-state index is 0.206. The number of carboxylic acids is 1. The SMILES string of the molecule is COc1cccc(NS(=O)(=O)c2c(C)csc2C(=O)O)c1. The minimum atomic E-state index is -3.98. The lowest BCUT2D eigenvalue weighted by molar-refractivity contribution is 0.0698. The molecule has 21 heavy (non-hydrogen) atoms. The lowest BCUT2D eigenvalue weighted by Gasteiger charge is -2.10. The number of aromatic carboxylic acids is 1. The number of benzene rings is 1. The fourth-order valence-corrected chi connectivity index (χ4v) is 4.49. The van der Waals surface area contributed by atoms with Crippen molar-refractivity contribution in [2.24, 2.45) is 0 Å². The van der Waals surface area contributed by atoms with Crippen LogP contribution in [0.5, 0.6) is 5.75 Å². The molecule has 2 rings (SSSR count). The maximum Gasteiger partial charge on any atom is 0.347 e. The van der Waals surface area contributed by atoms with Crippen molar-refractivity contribution >= 4 is 33.0 Å². The first-order chi connectivity index (χ1) is 9.85. The third-order valence-electron chi connectivity index (χ3n) is 2.70. The normalized spacial score (nSPS) is 11.1. The van der Waals surface area contributed by atoms with Gasteiger partial charge in [-0.15, -0.1) is 11.3 Å². The van der Waals surface area contributed by atoms with E-state index in [0.29, 0.717) is 17.0 Å². The van der Waals surface area contributed by atoms with Crippen molar-refractivity contribution in [1.29, 1.82) is 0 Å². The Balaban J connectivity index is 2.43. The van der Waals surface area contributed by atoms with E-state index in [-0.39, 0.29) is 9.77 Å². The van der Waals surface area contributed by atoms with E-state index >= 15 is 0 Å². The van der Waals surface area contributed by atoms with E-state index in [0.717, 1.165) is 11.3 Å². The number of nitrogens with one attached hydrogen (secondary N) is 1. The van der Waals surface area contributed by atoms with Gasteiger partial charge in [-0.2, -0.15) is 0 Å². The first kappa shape index (κ1) is 15.3. The fourth-order valence-electron chi connectivity index (χ4n) is 1.81. The second kappa shape index (κ2) is 5.74. The van der Waals surface area contributed by atoms with Crippen molar-refractivity contribution in [1.82, 2.24) is 0 Å². The number of thiophene rings is 1. The van der Waals surface area contributed by atoms with Gasteiger partial charge in [0.2, 0.25) is 0 Å². The lowest BCUT2D eigenvalue weighted by atomic mass is 10.3. The molecule has 8 heteroatoms. The molecule has 112 valence electrons. The highest BCUT2D eigenvalue weighted by Gasteiger charge is 2.26. The van der Waals surface area contributed by atoms with Gasteiger partial charge in [-0.3, -0.25) is 4.72 Å². The van der Waals surface area contributed by atoms with E-state index in [1.165, 1.54) is 18.6 Å². The topological polar surface area (TPSA) is 92.7 Å². The number of aryl methyl sites for hydroxylation is 1. The van der Waals surface area contributed by atoms with E-state index in [4.69, 9.17) is 9.84 Å². The minimum Gasteiger partial charge on any atom is -0.497 e. The van der Waals surface area contributed by atoms with Gasteiger partial charge in [0, 0.05) is 6.07 Å². The molecule has 2 N–H and O–H groups in total. The third-order valence-corrected chi connectivity index (χ3v) is 5.49. The molecular weight excluding hydrogens is 314 g/mol. The first-order valence-electron chi connectivity index (χ1n) is 5.83. The second-order valence-electron chi connectivity index (χ2n) is 4.22. The van der Waals surface area contributed by atoms with E-state index in [1.807, 2.05) is 0 Å². The molecule has 0 radical (unpaired) electrons. The molecule has 0 amide bonds. The molecule has 2 aromatic rings. The summed E-state index contributed by atoms with van der Waals surface area (Å²) >= 11 is 0.886. The predicted molar refractivity (Wildman–Crippen MR) is 79.8 cm³/mol. The number of hydrogen-bond donors (Lipinski definition) is 2. The van der Waals surface area contributed by atoms with Crippen molar-refractivity contribution in [2.45, 2.75) is 11.8 Å². The van der Waals surface area contributed by atoms with Crippen LogP contribution in [0.25, 0.3) is 0 Å². The second-order valence-corrected chi connectivity index (χ2v) is 6.72. The summed E-state index contributed by atoms with van der Waals surface area (Å²) in [6, 6.07) is 6.38. The number of ether oxygens (including phenoxy) is 1. The summed E-state index contributed by atoms with van der Waals surface area (Å²) in [5, 5.41) is 10.6. The zero-order valence-electron chi connectivity index (χ0n) is 11.3. The maximum atomic E-state index is 12.4. The number of carbonyl (C=O) groups is 1. The van der Waals surface area contributed by atoms with Crippen molar-refractivity contribution in [3.8, 4) is 5.75 Å². The highest BCUT2D eigenvalue weighted by Crippen LogP contribution is 2.29. The van der Waals surface area contributed by atoms with Crippen LogP contribution in [0.15, 0.2) is 34.5 Å². The summed E-state index contributed by atoms with van der Waals surface area (Å²) in [6.45, 7) is 1.56. The summed E-state index contributed by atoms with van der Waals surface area (Å²) in [5.41, 5.74) is 0.698. The van der Waals surface area contributed by atoms with E-state index in [1.54, 1.807) is 25.1 Å². The number of sulfonamides is 1. The number of carboxylic acid groups (broad SMARTS) is 1. The Morgan fingerprint density at radius 1 is 1.38 bits per heavy atom. The van der Waals surface area contributed by atoms with Crippen LogP contribution in [0.3, 0.4) is 0 Å². The van der Waals surface area contributed by atoms with Crippen LogP contribution >= 0.6 is 11.3 Å². The predicted octanol–water partition coefficient (Wildman–Crippen LogP) is 2.56. The maximum absolute atomic E-state index is 12.4. The van der Waals surface area contributed by atoms with Gasteiger partial charge in [-0.25, -0.2) is 13.2 Å². The van der Waals surface area contributed by atoms with Gasteiger partial charge in [0.1, 0.15) is 15.5 Å². The summed E-state index contributed by atoms with van der Waals surface area (Å²) in [5.74, 6) is -0.769. The van der Waals surface area contributed by atoms with Gasteiger partial charge in [0.15, 0.2) is 0 Å². The molecule has 0 spiro atoms. The smallest absolute Gasteiger partial charge is 0.347 e. The molecule has 0 fully saturated rings. The molecule has 1 aromatic heterocycles. The molecule has 0 aliphatic carbocycles. The van der Waals surface area contributed by atoms with E-state index in [2.05, 4.69) is 4.72 Å². The molecule has 0 saturated heterocycles. The molecule has 0 unspecified atom stereocenters.